The van der Waals surface area contributed by atoms with Gasteiger partial charge in [-0.05, 0) is 43.0 Å². The summed E-state index contributed by atoms with van der Waals surface area (Å²) >= 11 is 0. The van der Waals surface area contributed by atoms with Crippen molar-refractivity contribution < 1.29 is 4.79 Å². The fraction of sp³-hybridized carbons (Fsp3) is 0.350. The molecular formula is C20H27N3O. The van der Waals surface area contributed by atoms with Crippen molar-refractivity contribution in [3.8, 4) is 0 Å². The molecule has 4 nitrogen and oxygen atoms in total. The maximum atomic E-state index is 12.4. The minimum atomic E-state index is 0.00483. The predicted octanol–water partition coefficient (Wildman–Crippen LogP) is 2.75. The molecule has 0 aliphatic rings. The molecule has 0 aliphatic carbocycles. The van der Waals surface area contributed by atoms with E-state index in [-0.39, 0.29) is 5.91 Å². The van der Waals surface area contributed by atoms with Crippen LogP contribution in [0.5, 0.6) is 0 Å². The van der Waals surface area contributed by atoms with Gasteiger partial charge < -0.3 is 11.1 Å². The Morgan fingerprint density at radius 2 is 1.79 bits per heavy atom. The van der Waals surface area contributed by atoms with Gasteiger partial charge in [-0.15, -0.1) is 0 Å². The molecule has 3 N–H and O–H groups in total. The third-order valence-corrected chi connectivity index (χ3v) is 4.25. The first kappa shape index (κ1) is 18.2. The molecule has 0 aromatic heterocycles. The van der Waals surface area contributed by atoms with Gasteiger partial charge in [0.15, 0.2) is 0 Å². The number of rotatable bonds is 8. The van der Waals surface area contributed by atoms with Crippen LogP contribution in [0.15, 0.2) is 48.5 Å². The number of nitrogens with zero attached hydrogens (tertiary/aromatic N) is 1. The second-order valence-electron chi connectivity index (χ2n) is 6.10. The van der Waals surface area contributed by atoms with Gasteiger partial charge in [0.2, 0.25) is 5.91 Å². The lowest BCUT2D eigenvalue weighted by molar-refractivity contribution is -0.117. The first-order chi connectivity index (χ1) is 11.6. The molecule has 0 bridgehead atoms. The number of carbonyl (C=O) groups excluding carboxylic acids is 1. The zero-order valence-corrected chi connectivity index (χ0v) is 14.6. The van der Waals surface area contributed by atoms with Gasteiger partial charge in [0.25, 0.3) is 0 Å². The molecule has 0 heterocycles. The van der Waals surface area contributed by atoms with Crippen LogP contribution in [-0.4, -0.2) is 37.0 Å². The number of hydrogen-bond acceptors (Lipinski definition) is 3. The third-order valence-electron chi connectivity index (χ3n) is 4.25. The summed E-state index contributed by atoms with van der Waals surface area (Å²) in [6, 6.07) is 16.3. The van der Waals surface area contributed by atoms with E-state index in [1.54, 1.807) is 0 Å². The summed E-state index contributed by atoms with van der Waals surface area (Å²) in [6.45, 7) is 6.51. The molecule has 1 amide bonds. The van der Waals surface area contributed by atoms with Crippen molar-refractivity contribution in [3.05, 3.63) is 65.2 Å². The number of nitrogens with two attached hydrogens (primary N) is 1. The molecule has 0 spiro atoms. The first-order valence-corrected chi connectivity index (χ1v) is 8.42. The number of anilines is 1. The summed E-state index contributed by atoms with van der Waals surface area (Å²) < 4.78 is 0. The summed E-state index contributed by atoms with van der Waals surface area (Å²) in [5.41, 5.74) is 10.1. The molecule has 0 atom stereocenters. The minimum absolute atomic E-state index is 0.00483. The topological polar surface area (TPSA) is 58.4 Å². The molecule has 0 radical (unpaired) electrons. The molecule has 2 aromatic rings. The van der Waals surface area contributed by atoms with Crippen LogP contribution in [0, 0.1) is 13.8 Å². The van der Waals surface area contributed by atoms with Gasteiger partial charge in [-0.3, -0.25) is 9.69 Å². The maximum Gasteiger partial charge on any atom is 0.238 e. The van der Waals surface area contributed by atoms with E-state index in [0.29, 0.717) is 19.6 Å². The van der Waals surface area contributed by atoms with E-state index in [0.717, 1.165) is 24.2 Å². The lowest BCUT2D eigenvalue weighted by Crippen LogP contribution is -2.38. The Hall–Kier alpha value is -2.17. The van der Waals surface area contributed by atoms with E-state index in [2.05, 4.69) is 22.3 Å². The van der Waals surface area contributed by atoms with Crippen molar-refractivity contribution in [2.24, 2.45) is 5.73 Å². The van der Waals surface area contributed by atoms with Gasteiger partial charge in [-0.1, -0.05) is 42.5 Å². The van der Waals surface area contributed by atoms with Crippen LogP contribution in [0.25, 0.3) is 0 Å². The molecule has 0 saturated heterocycles. The SMILES string of the molecule is Cc1cccc(NC(=O)CN(CCN)CCc2ccccc2)c1C. The second kappa shape index (κ2) is 9.21. The van der Waals surface area contributed by atoms with Crippen LogP contribution >= 0.6 is 0 Å². The fourth-order valence-corrected chi connectivity index (χ4v) is 2.66. The molecule has 0 aliphatic heterocycles. The van der Waals surface area contributed by atoms with Crippen molar-refractivity contribution in [1.29, 1.82) is 0 Å². The Morgan fingerprint density at radius 3 is 2.50 bits per heavy atom. The lowest BCUT2D eigenvalue weighted by Gasteiger charge is -2.21. The van der Waals surface area contributed by atoms with Crippen molar-refractivity contribution in [1.82, 2.24) is 4.90 Å². The van der Waals surface area contributed by atoms with E-state index in [4.69, 9.17) is 5.73 Å². The van der Waals surface area contributed by atoms with Crippen molar-refractivity contribution in [3.63, 3.8) is 0 Å². The quantitative estimate of drug-likeness (QED) is 0.784. The molecule has 2 aromatic carbocycles. The second-order valence-corrected chi connectivity index (χ2v) is 6.10. The van der Waals surface area contributed by atoms with E-state index < -0.39 is 0 Å². The molecule has 24 heavy (non-hydrogen) atoms. The zero-order valence-electron chi connectivity index (χ0n) is 14.6. The Balaban J connectivity index is 1.91. The molecule has 0 unspecified atom stereocenters. The highest BCUT2D eigenvalue weighted by Crippen LogP contribution is 2.17. The number of aryl methyl sites for hydroxylation is 1. The lowest BCUT2D eigenvalue weighted by atomic mass is 10.1. The molecule has 0 fully saturated rings. The smallest absolute Gasteiger partial charge is 0.238 e. The Labute approximate surface area is 144 Å². The van der Waals surface area contributed by atoms with Gasteiger partial charge in [0.1, 0.15) is 0 Å². The monoisotopic (exact) mass is 325 g/mol. The molecule has 128 valence electrons. The van der Waals surface area contributed by atoms with Crippen molar-refractivity contribution >= 4 is 11.6 Å². The average molecular weight is 325 g/mol. The van der Waals surface area contributed by atoms with Crippen LogP contribution in [0.4, 0.5) is 5.69 Å². The Bertz CT molecular complexity index is 655. The van der Waals surface area contributed by atoms with E-state index >= 15 is 0 Å². The average Bonchev–Trinajstić information content (AvgIpc) is 2.58. The number of benzene rings is 2. The third kappa shape index (κ3) is 5.48. The van der Waals surface area contributed by atoms with Crippen molar-refractivity contribution in [2.75, 3.05) is 31.5 Å². The van der Waals surface area contributed by atoms with Gasteiger partial charge in [0.05, 0.1) is 6.54 Å². The summed E-state index contributed by atoms with van der Waals surface area (Å²) in [5, 5.41) is 3.02. The van der Waals surface area contributed by atoms with Gasteiger partial charge in [-0.25, -0.2) is 0 Å². The molecule has 0 saturated carbocycles. The standard InChI is InChI=1S/C20H27N3O/c1-16-7-6-10-19(17(16)2)22-20(24)15-23(14-12-21)13-11-18-8-4-3-5-9-18/h3-10H,11-15,21H2,1-2H3,(H,22,24). The fourth-order valence-electron chi connectivity index (χ4n) is 2.66. The van der Waals surface area contributed by atoms with Crippen LogP contribution in [-0.2, 0) is 11.2 Å². The van der Waals surface area contributed by atoms with Gasteiger partial charge >= 0.3 is 0 Å². The Kier molecular flexibility index (Phi) is 6.97. The Morgan fingerprint density at radius 1 is 1.04 bits per heavy atom. The summed E-state index contributed by atoms with van der Waals surface area (Å²) in [6.07, 6.45) is 0.914. The van der Waals surface area contributed by atoms with Crippen LogP contribution in [0.3, 0.4) is 0 Å². The molecule has 4 heteroatoms. The highest BCUT2D eigenvalue weighted by molar-refractivity contribution is 5.93. The zero-order chi connectivity index (χ0) is 17.4. The van der Waals surface area contributed by atoms with Crippen molar-refractivity contribution in [2.45, 2.75) is 20.3 Å². The number of hydrogen-bond donors (Lipinski definition) is 2. The van der Waals surface area contributed by atoms with Gasteiger partial charge in [0, 0.05) is 25.3 Å². The summed E-state index contributed by atoms with van der Waals surface area (Å²) in [5.74, 6) is 0.00483. The van der Waals surface area contributed by atoms with Crippen LogP contribution in [0.2, 0.25) is 0 Å². The maximum absolute atomic E-state index is 12.4. The number of nitrogens with one attached hydrogen (secondary N) is 1. The first-order valence-electron chi connectivity index (χ1n) is 8.42. The minimum Gasteiger partial charge on any atom is -0.329 e. The summed E-state index contributed by atoms with van der Waals surface area (Å²) in [7, 11) is 0. The molecule has 2 rings (SSSR count). The van der Waals surface area contributed by atoms with Crippen LogP contribution in [0.1, 0.15) is 16.7 Å². The number of amides is 1. The van der Waals surface area contributed by atoms with E-state index in [1.165, 1.54) is 11.1 Å². The van der Waals surface area contributed by atoms with Gasteiger partial charge in [-0.2, -0.15) is 0 Å². The van der Waals surface area contributed by atoms with E-state index in [1.807, 2.05) is 50.2 Å². The van der Waals surface area contributed by atoms with Crippen LogP contribution < -0.4 is 11.1 Å². The molecular weight excluding hydrogens is 298 g/mol. The predicted molar refractivity (Wildman–Crippen MR) is 100 cm³/mol. The highest BCUT2D eigenvalue weighted by atomic mass is 16.2. The summed E-state index contributed by atoms with van der Waals surface area (Å²) in [4.78, 5) is 14.5. The largest absolute Gasteiger partial charge is 0.329 e. The number of carbonyl (C=O) groups is 1. The normalized spacial score (nSPS) is 10.8. The van der Waals surface area contributed by atoms with E-state index in [9.17, 15) is 4.79 Å². The highest BCUT2D eigenvalue weighted by Gasteiger charge is 2.12.